The Balaban J connectivity index is 2.21. The van der Waals surface area contributed by atoms with Gasteiger partial charge in [0.2, 0.25) is 0 Å². The molecule has 1 atom stereocenters. The molecule has 0 aromatic heterocycles. The summed E-state index contributed by atoms with van der Waals surface area (Å²) >= 11 is 0. The van der Waals surface area contributed by atoms with Gasteiger partial charge in [-0.2, -0.15) is 0 Å². The molecule has 1 aromatic carbocycles. The van der Waals surface area contributed by atoms with Crippen molar-refractivity contribution in [2.75, 3.05) is 6.61 Å². The summed E-state index contributed by atoms with van der Waals surface area (Å²) in [6, 6.07) is 4.45. The molecule has 1 unspecified atom stereocenters. The minimum absolute atomic E-state index is 0.0981. The first kappa shape index (κ1) is 7.39. The summed E-state index contributed by atoms with van der Waals surface area (Å²) < 4.78 is 5.63. The van der Waals surface area contributed by atoms with E-state index in [1.165, 1.54) is 36.0 Å². The van der Waals surface area contributed by atoms with Crippen LogP contribution >= 0.6 is 0 Å². The van der Waals surface area contributed by atoms with E-state index in [1.807, 2.05) is 0 Å². The highest BCUT2D eigenvalue weighted by Gasteiger charge is 2.26. The van der Waals surface area contributed by atoms with Crippen molar-refractivity contribution in [3.8, 4) is 5.75 Å². The van der Waals surface area contributed by atoms with Crippen molar-refractivity contribution in [1.82, 2.24) is 0 Å². The molecular formula is C11H13NO. The molecule has 1 heterocycles. The first-order valence-electron chi connectivity index (χ1n) is 4.89. The number of nitrogens with two attached hydrogens (primary N) is 1. The fraction of sp³-hybridized carbons (Fsp3) is 0.455. The predicted molar refractivity (Wildman–Crippen MR) is 50.9 cm³/mol. The maximum absolute atomic E-state index is 5.92. The third-order valence-corrected chi connectivity index (χ3v) is 3.07. The Bertz CT molecular complexity index is 359. The molecule has 2 aliphatic rings. The molecule has 1 aliphatic heterocycles. The second-order valence-electron chi connectivity index (χ2n) is 3.89. The van der Waals surface area contributed by atoms with Crippen LogP contribution in [0.1, 0.15) is 29.2 Å². The fourth-order valence-corrected chi connectivity index (χ4v) is 2.38. The molecule has 0 amide bonds. The molecule has 0 radical (unpaired) electrons. The molecule has 3 rings (SSSR count). The van der Waals surface area contributed by atoms with Crippen LogP contribution in [0.4, 0.5) is 0 Å². The van der Waals surface area contributed by atoms with Gasteiger partial charge in [-0.15, -0.1) is 0 Å². The van der Waals surface area contributed by atoms with Gasteiger partial charge < -0.3 is 10.5 Å². The van der Waals surface area contributed by atoms with E-state index in [0.717, 1.165) is 5.75 Å². The summed E-state index contributed by atoms with van der Waals surface area (Å²) in [6.07, 6.45) is 3.65. The number of ether oxygens (including phenoxy) is 1. The van der Waals surface area contributed by atoms with Gasteiger partial charge >= 0.3 is 0 Å². The number of rotatable bonds is 0. The van der Waals surface area contributed by atoms with Crippen LogP contribution in [0.5, 0.6) is 5.75 Å². The summed E-state index contributed by atoms with van der Waals surface area (Å²) in [4.78, 5) is 0. The van der Waals surface area contributed by atoms with Gasteiger partial charge in [0.15, 0.2) is 0 Å². The largest absolute Gasteiger partial charge is 0.491 e. The minimum Gasteiger partial charge on any atom is -0.491 e. The van der Waals surface area contributed by atoms with Crippen LogP contribution in [-0.4, -0.2) is 6.61 Å². The zero-order chi connectivity index (χ0) is 8.84. The molecule has 0 saturated heterocycles. The first-order valence-corrected chi connectivity index (χ1v) is 4.89. The van der Waals surface area contributed by atoms with Crippen molar-refractivity contribution in [3.63, 3.8) is 0 Å². The number of aryl methyl sites for hydroxylation is 1. The first-order chi connectivity index (χ1) is 6.36. The average Bonchev–Trinajstić information content (AvgIpc) is 2.70. The fourth-order valence-electron chi connectivity index (χ4n) is 2.38. The number of hydrogen-bond acceptors (Lipinski definition) is 2. The van der Waals surface area contributed by atoms with Crippen LogP contribution in [0.3, 0.4) is 0 Å². The number of fused-ring (bicyclic) bond motifs is 3. The van der Waals surface area contributed by atoms with Gasteiger partial charge in [0, 0.05) is 5.56 Å². The molecule has 13 heavy (non-hydrogen) atoms. The molecule has 1 aliphatic carbocycles. The third-order valence-electron chi connectivity index (χ3n) is 3.07. The van der Waals surface area contributed by atoms with Crippen LogP contribution in [0.15, 0.2) is 12.1 Å². The SMILES string of the molecule is NC1COc2c1ccc1c2CCC1. The average molecular weight is 175 g/mol. The van der Waals surface area contributed by atoms with E-state index >= 15 is 0 Å². The summed E-state index contributed by atoms with van der Waals surface area (Å²) in [5.74, 6) is 1.10. The monoisotopic (exact) mass is 175 g/mol. The Labute approximate surface area is 77.7 Å². The lowest BCUT2D eigenvalue weighted by Gasteiger charge is -2.06. The zero-order valence-electron chi connectivity index (χ0n) is 7.55. The second kappa shape index (κ2) is 2.48. The van der Waals surface area contributed by atoms with Gasteiger partial charge in [-0.3, -0.25) is 0 Å². The van der Waals surface area contributed by atoms with Crippen molar-refractivity contribution in [1.29, 1.82) is 0 Å². The molecular weight excluding hydrogens is 162 g/mol. The standard InChI is InChI=1S/C11H13NO/c12-10-6-13-11-8-3-1-2-7(8)4-5-9(10)11/h4-5,10H,1-3,6,12H2. The van der Waals surface area contributed by atoms with Gasteiger partial charge in [0.05, 0.1) is 6.04 Å². The Hall–Kier alpha value is -1.02. The summed E-state index contributed by atoms with van der Waals surface area (Å²) in [5.41, 5.74) is 10.0. The van der Waals surface area contributed by atoms with E-state index in [1.54, 1.807) is 0 Å². The van der Waals surface area contributed by atoms with Crippen LogP contribution in [0.2, 0.25) is 0 Å². The predicted octanol–water partition coefficient (Wildman–Crippen LogP) is 1.57. The molecule has 0 spiro atoms. The van der Waals surface area contributed by atoms with Gasteiger partial charge in [0.25, 0.3) is 0 Å². The van der Waals surface area contributed by atoms with Crippen LogP contribution in [-0.2, 0) is 12.8 Å². The smallest absolute Gasteiger partial charge is 0.127 e. The third kappa shape index (κ3) is 0.923. The lowest BCUT2D eigenvalue weighted by atomic mass is 10.0. The van der Waals surface area contributed by atoms with E-state index in [2.05, 4.69) is 12.1 Å². The molecule has 2 nitrogen and oxygen atoms in total. The Kier molecular flexibility index (Phi) is 1.41. The summed E-state index contributed by atoms with van der Waals surface area (Å²) in [5, 5.41) is 0. The minimum atomic E-state index is 0.0981. The lowest BCUT2D eigenvalue weighted by molar-refractivity contribution is 0.331. The maximum atomic E-state index is 5.92. The molecule has 0 bridgehead atoms. The molecule has 0 saturated carbocycles. The topological polar surface area (TPSA) is 35.2 Å². The molecule has 68 valence electrons. The maximum Gasteiger partial charge on any atom is 0.127 e. The Morgan fingerprint density at radius 3 is 3.15 bits per heavy atom. The van der Waals surface area contributed by atoms with Crippen molar-refractivity contribution in [2.45, 2.75) is 25.3 Å². The van der Waals surface area contributed by atoms with E-state index in [4.69, 9.17) is 10.5 Å². The van der Waals surface area contributed by atoms with E-state index in [9.17, 15) is 0 Å². The zero-order valence-corrected chi connectivity index (χ0v) is 7.55. The Morgan fingerprint density at radius 2 is 2.23 bits per heavy atom. The van der Waals surface area contributed by atoms with Gasteiger partial charge in [0.1, 0.15) is 12.4 Å². The van der Waals surface area contributed by atoms with Crippen molar-refractivity contribution < 1.29 is 4.74 Å². The normalized spacial score (nSPS) is 23.9. The number of hydrogen-bond donors (Lipinski definition) is 1. The Morgan fingerprint density at radius 1 is 1.31 bits per heavy atom. The van der Waals surface area contributed by atoms with Gasteiger partial charge in [-0.05, 0) is 30.4 Å². The van der Waals surface area contributed by atoms with E-state index < -0.39 is 0 Å². The quantitative estimate of drug-likeness (QED) is 0.649. The second-order valence-corrected chi connectivity index (χ2v) is 3.89. The van der Waals surface area contributed by atoms with Crippen LogP contribution < -0.4 is 10.5 Å². The molecule has 0 fully saturated rings. The van der Waals surface area contributed by atoms with Crippen LogP contribution in [0, 0.1) is 0 Å². The highest BCUT2D eigenvalue weighted by Crippen LogP contribution is 2.39. The van der Waals surface area contributed by atoms with Gasteiger partial charge in [-0.25, -0.2) is 0 Å². The van der Waals surface area contributed by atoms with E-state index in [0.29, 0.717) is 6.61 Å². The highest BCUT2D eigenvalue weighted by atomic mass is 16.5. The van der Waals surface area contributed by atoms with Crippen LogP contribution in [0.25, 0.3) is 0 Å². The molecule has 2 N–H and O–H groups in total. The van der Waals surface area contributed by atoms with Crippen molar-refractivity contribution in [3.05, 3.63) is 28.8 Å². The lowest BCUT2D eigenvalue weighted by Crippen LogP contribution is -2.10. The van der Waals surface area contributed by atoms with Crippen molar-refractivity contribution >= 4 is 0 Å². The summed E-state index contributed by atoms with van der Waals surface area (Å²) in [7, 11) is 0. The summed E-state index contributed by atoms with van der Waals surface area (Å²) in [6.45, 7) is 0.659. The van der Waals surface area contributed by atoms with E-state index in [-0.39, 0.29) is 6.04 Å². The van der Waals surface area contributed by atoms with Gasteiger partial charge in [-0.1, -0.05) is 12.1 Å². The highest BCUT2D eigenvalue weighted by molar-refractivity contribution is 5.51. The molecule has 2 heteroatoms. The number of benzene rings is 1. The van der Waals surface area contributed by atoms with Crippen molar-refractivity contribution in [2.24, 2.45) is 5.73 Å². The molecule has 1 aromatic rings.